The Morgan fingerprint density at radius 2 is 1.94 bits per heavy atom. The van der Waals surface area contributed by atoms with Crippen LogP contribution < -0.4 is 5.43 Å². The average molecular weight is 478 g/mol. The number of Topliss-reactive ketones (excluding diaryl/α,β-unsaturated/α-hetero) is 1. The molecule has 11 heteroatoms. The minimum Gasteiger partial charge on any atom is -0.296 e. The molecule has 1 saturated heterocycles. The van der Waals surface area contributed by atoms with Crippen LogP contribution >= 0.6 is 0 Å². The molecule has 1 N–H and O–H groups in total. The summed E-state index contributed by atoms with van der Waals surface area (Å²) >= 11 is 0. The van der Waals surface area contributed by atoms with E-state index in [-0.39, 0.29) is 18.1 Å². The summed E-state index contributed by atoms with van der Waals surface area (Å²) in [5.41, 5.74) is 4.86. The van der Waals surface area contributed by atoms with E-state index in [1.807, 2.05) is 0 Å². The van der Waals surface area contributed by atoms with Crippen LogP contribution in [0.15, 0.2) is 36.5 Å². The molecule has 0 aliphatic carbocycles. The third-order valence-corrected chi connectivity index (χ3v) is 7.35. The second-order valence-corrected chi connectivity index (χ2v) is 10.1. The Balaban J connectivity index is 1.62. The van der Waals surface area contributed by atoms with Gasteiger partial charge in [-0.1, -0.05) is 6.07 Å². The Bertz CT molecular complexity index is 1090. The van der Waals surface area contributed by atoms with Gasteiger partial charge in [-0.15, -0.1) is 0 Å². The van der Waals surface area contributed by atoms with Crippen LogP contribution in [-0.4, -0.2) is 71.7 Å². The van der Waals surface area contributed by atoms with Gasteiger partial charge in [-0.25, -0.2) is 12.8 Å². The lowest BCUT2D eigenvalue weighted by Crippen LogP contribution is -2.48. The van der Waals surface area contributed by atoms with Crippen LogP contribution in [0.2, 0.25) is 0 Å². The number of hydrogen-bond donors (Lipinski definition) is 1. The molecule has 1 aromatic carbocycles. The molecule has 1 aliphatic rings. The molecule has 1 aliphatic heterocycles. The van der Waals surface area contributed by atoms with E-state index in [0.717, 1.165) is 5.56 Å². The lowest BCUT2D eigenvalue weighted by Gasteiger charge is -2.33. The van der Waals surface area contributed by atoms with E-state index in [0.29, 0.717) is 56.1 Å². The number of pyridine rings is 1. The quantitative estimate of drug-likeness (QED) is 0.317. The van der Waals surface area contributed by atoms with Gasteiger partial charge in [0, 0.05) is 45.2 Å². The van der Waals surface area contributed by atoms with Crippen molar-refractivity contribution in [3.63, 3.8) is 0 Å². The van der Waals surface area contributed by atoms with Crippen molar-refractivity contribution in [2.24, 2.45) is 0 Å². The fourth-order valence-electron chi connectivity index (χ4n) is 3.57. The molecule has 3 rings (SSSR count). The Kier molecular flexibility index (Phi) is 8.11. The lowest BCUT2D eigenvalue weighted by atomic mass is 10.1. The van der Waals surface area contributed by atoms with E-state index >= 15 is 0 Å². The highest BCUT2D eigenvalue weighted by atomic mass is 32.2. The van der Waals surface area contributed by atoms with Gasteiger partial charge in [0.1, 0.15) is 11.5 Å². The lowest BCUT2D eigenvalue weighted by molar-refractivity contribution is -0.117. The summed E-state index contributed by atoms with van der Waals surface area (Å²) in [4.78, 5) is 29.0. The number of ketones is 1. The molecule has 0 bridgehead atoms. The molecule has 178 valence electrons. The van der Waals surface area contributed by atoms with Gasteiger partial charge in [-0.05, 0) is 36.8 Å². The topological polar surface area (TPSA) is 103 Å². The number of hydrazine groups is 1. The summed E-state index contributed by atoms with van der Waals surface area (Å²) in [6.07, 6.45) is 1.98. The van der Waals surface area contributed by atoms with Crippen LogP contribution in [0.25, 0.3) is 0 Å². The largest absolute Gasteiger partial charge is 0.296 e. The number of aromatic nitrogens is 1. The Hall–Kier alpha value is -2.89. The molecule has 33 heavy (non-hydrogen) atoms. The number of sulfonamides is 1. The number of rotatable bonds is 10. The van der Waals surface area contributed by atoms with Gasteiger partial charge in [0.05, 0.1) is 24.2 Å². The average Bonchev–Trinajstić information content (AvgIpc) is 2.81. The SMILES string of the molecule is CCS(=O)(=O)N1CCN(Cc2ccc(F)c(CN(C=O)Nc3ccc(C(C)=O)nc3)c2)CC1. The van der Waals surface area contributed by atoms with Crippen LogP contribution in [0.3, 0.4) is 0 Å². The van der Waals surface area contributed by atoms with E-state index in [9.17, 15) is 22.4 Å². The van der Waals surface area contributed by atoms with Crippen LogP contribution in [0, 0.1) is 5.82 Å². The van der Waals surface area contributed by atoms with Gasteiger partial charge < -0.3 is 0 Å². The maximum absolute atomic E-state index is 14.4. The highest BCUT2D eigenvalue weighted by Gasteiger charge is 2.25. The molecule has 1 amide bonds. The summed E-state index contributed by atoms with van der Waals surface area (Å²) in [6, 6.07) is 7.93. The number of hydrogen-bond acceptors (Lipinski definition) is 7. The first-order chi connectivity index (χ1) is 15.7. The molecule has 2 heterocycles. The number of carbonyl (C=O) groups excluding carboxylic acids is 2. The molecule has 0 radical (unpaired) electrons. The van der Waals surface area contributed by atoms with Crippen molar-refractivity contribution < 1.29 is 22.4 Å². The van der Waals surface area contributed by atoms with Crippen LogP contribution in [0.5, 0.6) is 0 Å². The third kappa shape index (κ3) is 6.56. The van der Waals surface area contributed by atoms with E-state index in [1.54, 1.807) is 31.2 Å². The first-order valence-electron chi connectivity index (χ1n) is 10.6. The van der Waals surface area contributed by atoms with E-state index in [4.69, 9.17) is 0 Å². The van der Waals surface area contributed by atoms with Crippen molar-refractivity contribution in [3.8, 4) is 0 Å². The summed E-state index contributed by atoms with van der Waals surface area (Å²) in [5, 5.41) is 1.20. The summed E-state index contributed by atoms with van der Waals surface area (Å²) < 4.78 is 40.0. The van der Waals surface area contributed by atoms with Crippen molar-refractivity contribution >= 4 is 27.9 Å². The normalized spacial score (nSPS) is 15.2. The summed E-state index contributed by atoms with van der Waals surface area (Å²) in [7, 11) is -3.19. The van der Waals surface area contributed by atoms with Gasteiger partial charge >= 0.3 is 0 Å². The van der Waals surface area contributed by atoms with Gasteiger partial charge in [0.15, 0.2) is 5.78 Å². The zero-order chi connectivity index (χ0) is 24.0. The molecule has 1 aromatic heterocycles. The Morgan fingerprint density at radius 3 is 2.52 bits per heavy atom. The molecule has 0 spiro atoms. The molecule has 0 saturated carbocycles. The molecule has 0 atom stereocenters. The zero-order valence-corrected chi connectivity index (χ0v) is 19.5. The van der Waals surface area contributed by atoms with Crippen molar-refractivity contribution in [1.82, 2.24) is 19.2 Å². The predicted molar refractivity (Wildman–Crippen MR) is 122 cm³/mol. The van der Waals surface area contributed by atoms with Crippen molar-refractivity contribution in [1.29, 1.82) is 0 Å². The molecular formula is C22H28FN5O4S. The first kappa shape index (κ1) is 24.7. The fourth-order valence-corrected chi connectivity index (χ4v) is 4.66. The van der Waals surface area contributed by atoms with Crippen molar-refractivity contribution in [3.05, 3.63) is 59.2 Å². The standard InChI is InChI=1S/C22H28FN5O4S/c1-3-33(31,32)28-10-8-26(9-11-28)14-18-4-6-21(23)19(12-18)15-27(16-29)25-20-5-7-22(17(2)30)24-13-20/h4-7,12-13,16,25H,3,8-11,14-15H2,1-2H3. The van der Waals surface area contributed by atoms with Crippen LogP contribution in [0.1, 0.15) is 35.5 Å². The minimum atomic E-state index is -3.19. The van der Waals surface area contributed by atoms with Crippen molar-refractivity contribution in [2.45, 2.75) is 26.9 Å². The molecule has 9 nitrogen and oxygen atoms in total. The third-order valence-electron chi connectivity index (χ3n) is 5.47. The van der Waals surface area contributed by atoms with Gasteiger partial charge in [-0.3, -0.25) is 29.9 Å². The van der Waals surface area contributed by atoms with E-state index in [1.165, 1.54) is 28.5 Å². The summed E-state index contributed by atoms with van der Waals surface area (Å²) in [6.45, 7) is 5.65. The van der Waals surface area contributed by atoms with Gasteiger partial charge in [0.25, 0.3) is 0 Å². The number of halogens is 1. The number of nitrogens with zero attached hydrogens (tertiary/aromatic N) is 4. The Morgan fingerprint density at radius 1 is 1.21 bits per heavy atom. The predicted octanol–water partition coefficient (Wildman–Crippen LogP) is 1.88. The Labute approximate surface area is 193 Å². The molecule has 0 unspecified atom stereocenters. The smallest absolute Gasteiger partial charge is 0.228 e. The number of amides is 1. The minimum absolute atomic E-state index is 0.0137. The fraction of sp³-hybridized carbons (Fsp3) is 0.409. The number of piperazine rings is 1. The van der Waals surface area contributed by atoms with Crippen molar-refractivity contribution in [2.75, 3.05) is 37.4 Å². The second kappa shape index (κ2) is 10.8. The molecule has 1 fully saturated rings. The monoisotopic (exact) mass is 477 g/mol. The van der Waals surface area contributed by atoms with E-state index < -0.39 is 15.8 Å². The van der Waals surface area contributed by atoms with Crippen LogP contribution in [0.4, 0.5) is 10.1 Å². The number of benzene rings is 1. The number of carbonyl (C=O) groups is 2. The molecular weight excluding hydrogens is 449 g/mol. The van der Waals surface area contributed by atoms with E-state index in [2.05, 4.69) is 15.3 Å². The second-order valence-electron chi connectivity index (χ2n) is 7.83. The van der Waals surface area contributed by atoms with Gasteiger partial charge in [0.2, 0.25) is 16.4 Å². The number of anilines is 1. The summed E-state index contributed by atoms with van der Waals surface area (Å²) in [5.74, 6) is -0.510. The van der Waals surface area contributed by atoms with Crippen LogP contribution in [-0.2, 0) is 27.9 Å². The van der Waals surface area contributed by atoms with Gasteiger partial charge in [-0.2, -0.15) is 4.31 Å². The maximum atomic E-state index is 14.4. The highest BCUT2D eigenvalue weighted by molar-refractivity contribution is 7.89. The number of nitrogens with one attached hydrogen (secondary N) is 1. The highest BCUT2D eigenvalue weighted by Crippen LogP contribution is 2.17. The first-order valence-corrected chi connectivity index (χ1v) is 12.3. The molecule has 2 aromatic rings. The zero-order valence-electron chi connectivity index (χ0n) is 18.7. The maximum Gasteiger partial charge on any atom is 0.228 e.